The molecule has 2 rings (SSSR count). The number of aromatic nitrogens is 2. The third kappa shape index (κ3) is 2.83. The van der Waals surface area contributed by atoms with Crippen LogP contribution in [0.25, 0.3) is 0 Å². The number of imidazole rings is 1. The smallest absolute Gasteiger partial charge is 0.122 e. The van der Waals surface area contributed by atoms with Crippen LogP contribution in [0, 0.1) is 0 Å². The molecule has 0 aliphatic carbocycles. The van der Waals surface area contributed by atoms with Crippen molar-refractivity contribution in [3.63, 3.8) is 0 Å². The van der Waals surface area contributed by atoms with Gasteiger partial charge in [0, 0.05) is 42.3 Å². The molecule has 2 N–H and O–H groups in total. The van der Waals surface area contributed by atoms with Crippen LogP contribution in [0.4, 0.5) is 5.69 Å². The van der Waals surface area contributed by atoms with Gasteiger partial charge in [-0.25, -0.2) is 4.98 Å². The summed E-state index contributed by atoms with van der Waals surface area (Å²) < 4.78 is 2.01. The highest BCUT2D eigenvalue weighted by Crippen LogP contribution is 2.23. The van der Waals surface area contributed by atoms with Gasteiger partial charge in [0.2, 0.25) is 0 Å². The molecule has 18 heavy (non-hydrogen) atoms. The Morgan fingerprint density at radius 1 is 1.39 bits per heavy atom. The Kier molecular flexibility index (Phi) is 3.89. The molecular weight excluding hydrogens is 248 g/mol. The Bertz CT molecular complexity index is 515. The highest BCUT2D eigenvalue weighted by molar-refractivity contribution is 6.31. The number of halogens is 1. The molecule has 2 aromatic rings. The van der Waals surface area contributed by atoms with E-state index >= 15 is 0 Å². The van der Waals surface area contributed by atoms with Gasteiger partial charge < -0.3 is 10.3 Å². The van der Waals surface area contributed by atoms with Crippen LogP contribution in [0.2, 0.25) is 5.02 Å². The lowest BCUT2D eigenvalue weighted by Crippen LogP contribution is -2.20. The first-order chi connectivity index (χ1) is 8.58. The van der Waals surface area contributed by atoms with Gasteiger partial charge in [-0.15, -0.1) is 0 Å². The Balaban J connectivity index is 2.08. The predicted molar refractivity (Wildman–Crippen MR) is 74.2 cm³/mol. The Labute approximate surface area is 112 Å². The molecule has 1 aromatic heterocycles. The minimum absolute atomic E-state index is 0.707. The maximum Gasteiger partial charge on any atom is 0.122 e. The molecule has 0 aliphatic rings. The molecule has 0 aliphatic heterocycles. The van der Waals surface area contributed by atoms with Crippen molar-refractivity contribution in [3.8, 4) is 0 Å². The number of aryl methyl sites for hydroxylation is 1. The molecular formula is C13H17ClN4. The quantitative estimate of drug-likeness (QED) is 0.862. The minimum atomic E-state index is 0.707. The van der Waals surface area contributed by atoms with E-state index in [1.54, 1.807) is 6.20 Å². The van der Waals surface area contributed by atoms with Crippen molar-refractivity contribution in [3.05, 3.63) is 47.0 Å². The summed E-state index contributed by atoms with van der Waals surface area (Å²) in [5.41, 5.74) is 7.64. The number of nitrogen functional groups attached to an aromatic ring is 1. The van der Waals surface area contributed by atoms with Crippen LogP contribution >= 0.6 is 11.6 Å². The Morgan fingerprint density at radius 3 is 2.78 bits per heavy atom. The number of hydrogen-bond acceptors (Lipinski definition) is 3. The van der Waals surface area contributed by atoms with E-state index < -0.39 is 0 Å². The molecule has 0 radical (unpaired) electrons. The van der Waals surface area contributed by atoms with Crippen LogP contribution in [0.5, 0.6) is 0 Å². The van der Waals surface area contributed by atoms with E-state index in [4.69, 9.17) is 17.3 Å². The lowest BCUT2D eigenvalue weighted by atomic mass is 10.1. The highest BCUT2D eigenvalue weighted by Gasteiger charge is 2.10. The van der Waals surface area contributed by atoms with E-state index in [-0.39, 0.29) is 0 Å². The van der Waals surface area contributed by atoms with Crippen LogP contribution < -0.4 is 5.73 Å². The highest BCUT2D eigenvalue weighted by atomic mass is 35.5. The van der Waals surface area contributed by atoms with E-state index in [0.717, 1.165) is 23.6 Å². The van der Waals surface area contributed by atoms with Gasteiger partial charge in [-0.2, -0.15) is 0 Å². The van der Waals surface area contributed by atoms with Crippen LogP contribution in [-0.2, 0) is 20.1 Å². The number of nitrogens with zero attached hydrogens (tertiary/aromatic N) is 3. The van der Waals surface area contributed by atoms with E-state index in [9.17, 15) is 0 Å². The normalized spacial score (nSPS) is 11.1. The molecule has 4 nitrogen and oxygen atoms in total. The predicted octanol–water partition coefficient (Wildman–Crippen LogP) is 2.29. The number of anilines is 1. The number of hydrogen-bond donors (Lipinski definition) is 1. The fourth-order valence-corrected chi connectivity index (χ4v) is 2.10. The molecule has 0 saturated heterocycles. The fourth-order valence-electron chi connectivity index (χ4n) is 1.86. The van der Waals surface area contributed by atoms with Gasteiger partial charge >= 0.3 is 0 Å². The standard InChI is InChI=1S/C13H17ClN4/c1-17(9-13-16-6-7-18(13)2)8-10-11(14)4-3-5-12(10)15/h3-7H,8-9,15H2,1-2H3. The molecule has 0 atom stereocenters. The van der Waals surface area contributed by atoms with Crippen LogP contribution in [-0.4, -0.2) is 21.5 Å². The van der Waals surface area contributed by atoms with Gasteiger partial charge in [-0.05, 0) is 19.2 Å². The SMILES string of the molecule is CN(Cc1c(N)cccc1Cl)Cc1nccn1C. The largest absolute Gasteiger partial charge is 0.398 e. The summed E-state index contributed by atoms with van der Waals surface area (Å²) in [6.07, 6.45) is 3.74. The lowest BCUT2D eigenvalue weighted by molar-refractivity contribution is 0.307. The molecule has 0 spiro atoms. The molecule has 0 unspecified atom stereocenters. The summed E-state index contributed by atoms with van der Waals surface area (Å²) in [6, 6.07) is 5.59. The van der Waals surface area contributed by atoms with Gasteiger partial charge in [-0.3, -0.25) is 4.90 Å². The van der Waals surface area contributed by atoms with Crippen molar-refractivity contribution in [1.82, 2.24) is 14.5 Å². The molecule has 1 heterocycles. The van der Waals surface area contributed by atoms with E-state index in [0.29, 0.717) is 11.6 Å². The van der Waals surface area contributed by atoms with Gasteiger partial charge in [0.1, 0.15) is 5.82 Å². The first-order valence-electron chi connectivity index (χ1n) is 5.75. The maximum atomic E-state index is 6.16. The molecule has 5 heteroatoms. The second-order valence-electron chi connectivity index (χ2n) is 4.43. The zero-order chi connectivity index (χ0) is 13.1. The summed E-state index contributed by atoms with van der Waals surface area (Å²) in [6.45, 7) is 1.46. The first kappa shape index (κ1) is 12.9. The van der Waals surface area contributed by atoms with Crippen molar-refractivity contribution in [2.45, 2.75) is 13.1 Å². The molecule has 0 amide bonds. The number of benzene rings is 1. The second kappa shape index (κ2) is 5.42. The zero-order valence-corrected chi connectivity index (χ0v) is 11.4. The Morgan fingerprint density at radius 2 is 2.17 bits per heavy atom. The molecule has 1 aromatic carbocycles. The summed E-state index contributed by atoms with van der Waals surface area (Å²) >= 11 is 6.16. The van der Waals surface area contributed by atoms with E-state index in [2.05, 4.69) is 9.88 Å². The molecule has 0 fully saturated rings. The van der Waals surface area contributed by atoms with Crippen molar-refractivity contribution >= 4 is 17.3 Å². The minimum Gasteiger partial charge on any atom is -0.398 e. The zero-order valence-electron chi connectivity index (χ0n) is 10.6. The number of rotatable bonds is 4. The van der Waals surface area contributed by atoms with E-state index in [1.165, 1.54) is 0 Å². The lowest BCUT2D eigenvalue weighted by Gasteiger charge is -2.18. The average molecular weight is 265 g/mol. The molecule has 0 saturated carbocycles. The summed E-state index contributed by atoms with van der Waals surface area (Å²) in [5.74, 6) is 1.02. The van der Waals surface area contributed by atoms with Crippen molar-refractivity contribution < 1.29 is 0 Å². The molecule has 0 bridgehead atoms. The average Bonchev–Trinajstić information content (AvgIpc) is 2.70. The molecule has 96 valence electrons. The van der Waals surface area contributed by atoms with Crippen LogP contribution in [0.3, 0.4) is 0 Å². The van der Waals surface area contributed by atoms with Gasteiger partial charge in [0.05, 0.1) is 6.54 Å². The van der Waals surface area contributed by atoms with Gasteiger partial charge in [0.25, 0.3) is 0 Å². The van der Waals surface area contributed by atoms with Crippen molar-refractivity contribution in [2.75, 3.05) is 12.8 Å². The summed E-state index contributed by atoms with van der Waals surface area (Å²) in [4.78, 5) is 6.44. The number of nitrogens with two attached hydrogens (primary N) is 1. The third-order valence-electron chi connectivity index (χ3n) is 2.92. The van der Waals surface area contributed by atoms with E-state index in [1.807, 2.05) is 43.1 Å². The third-order valence-corrected chi connectivity index (χ3v) is 3.27. The second-order valence-corrected chi connectivity index (χ2v) is 4.84. The first-order valence-corrected chi connectivity index (χ1v) is 6.13. The Hall–Kier alpha value is -1.52. The van der Waals surface area contributed by atoms with Crippen LogP contribution in [0.1, 0.15) is 11.4 Å². The summed E-state index contributed by atoms with van der Waals surface area (Å²) in [7, 11) is 4.01. The summed E-state index contributed by atoms with van der Waals surface area (Å²) in [5, 5.41) is 0.710. The van der Waals surface area contributed by atoms with Crippen molar-refractivity contribution in [1.29, 1.82) is 0 Å². The van der Waals surface area contributed by atoms with Gasteiger partial charge in [0.15, 0.2) is 0 Å². The van der Waals surface area contributed by atoms with Crippen molar-refractivity contribution in [2.24, 2.45) is 7.05 Å². The monoisotopic (exact) mass is 264 g/mol. The topological polar surface area (TPSA) is 47.1 Å². The maximum absolute atomic E-state index is 6.16. The van der Waals surface area contributed by atoms with Crippen LogP contribution in [0.15, 0.2) is 30.6 Å². The van der Waals surface area contributed by atoms with Gasteiger partial charge in [-0.1, -0.05) is 17.7 Å². The fraction of sp³-hybridized carbons (Fsp3) is 0.308.